The number of aryl methyl sites for hydroxylation is 1. The largest absolute Gasteiger partial charge is 0.466 e. The summed E-state index contributed by atoms with van der Waals surface area (Å²) in [6.07, 6.45) is 1.80. The van der Waals surface area contributed by atoms with Gasteiger partial charge in [-0.25, -0.2) is 0 Å². The first-order valence-corrected chi connectivity index (χ1v) is 12.9. The van der Waals surface area contributed by atoms with Gasteiger partial charge in [0.1, 0.15) is 0 Å². The number of rotatable bonds is 8. The van der Waals surface area contributed by atoms with Gasteiger partial charge in [0.05, 0.1) is 25.5 Å². The third-order valence-electron chi connectivity index (χ3n) is 6.72. The average molecular weight is 499 g/mol. The number of carbonyl (C=O) groups excluding carboxylic acids is 3. The van der Waals surface area contributed by atoms with Crippen LogP contribution in [0.1, 0.15) is 46.8 Å². The summed E-state index contributed by atoms with van der Waals surface area (Å²) >= 11 is 0. The quantitative estimate of drug-likeness (QED) is 0.401. The number of hydrogen-bond acceptors (Lipinski definition) is 4. The monoisotopic (exact) mass is 498 g/mol. The van der Waals surface area contributed by atoms with Crippen molar-refractivity contribution in [1.82, 2.24) is 4.90 Å². The van der Waals surface area contributed by atoms with E-state index in [2.05, 4.69) is 0 Å². The lowest BCUT2D eigenvalue weighted by Crippen LogP contribution is -2.43. The van der Waals surface area contributed by atoms with Crippen LogP contribution in [0.4, 0.5) is 5.69 Å². The maximum Gasteiger partial charge on any atom is 0.310 e. The van der Waals surface area contributed by atoms with Crippen LogP contribution in [0.3, 0.4) is 0 Å². The van der Waals surface area contributed by atoms with Gasteiger partial charge in [-0.2, -0.15) is 0 Å². The lowest BCUT2D eigenvalue weighted by Gasteiger charge is -2.31. The van der Waals surface area contributed by atoms with Crippen molar-refractivity contribution < 1.29 is 19.1 Å². The van der Waals surface area contributed by atoms with Crippen LogP contribution in [-0.2, 0) is 27.3 Å². The van der Waals surface area contributed by atoms with Crippen LogP contribution in [0.2, 0.25) is 0 Å². The molecule has 0 saturated carbocycles. The highest BCUT2D eigenvalue weighted by atomic mass is 16.5. The molecule has 0 bridgehead atoms. The standard InChI is InChI=1S/C31H34N2O4/c1-3-37-31(36)27-10-7-19-32(22-27)29(34)20-24-13-17-28(18-14-24)33(21-25-8-5-4-6-9-25)30(35)26-15-11-23(2)12-16-26/h4-6,8-9,11-18,27H,3,7,10,19-22H2,1-2H3/t27-/m1/s1. The second-order valence-electron chi connectivity index (χ2n) is 9.52. The molecule has 37 heavy (non-hydrogen) atoms. The molecule has 3 aromatic rings. The fraction of sp³-hybridized carbons (Fsp3) is 0.323. The van der Waals surface area contributed by atoms with Crippen LogP contribution in [0.15, 0.2) is 78.9 Å². The van der Waals surface area contributed by atoms with Gasteiger partial charge in [-0.05, 0) is 62.1 Å². The van der Waals surface area contributed by atoms with Gasteiger partial charge in [0.2, 0.25) is 5.91 Å². The van der Waals surface area contributed by atoms with E-state index in [0.29, 0.717) is 31.8 Å². The molecule has 0 unspecified atom stereocenters. The number of ether oxygens (including phenoxy) is 1. The van der Waals surface area contributed by atoms with Gasteiger partial charge in [0, 0.05) is 24.3 Å². The normalized spacial score (nSPS) is 15.2. The average Bonchev–Trinajstić information content (AvgIpc) is 2.93. The van der Waals surface area contributed by atoms with E-state index in [1.165, 1.54) is 0 Å². The zero-order chi connectivity index (χ0) is 26.2. The second-order valence-corrected chi connectivity index (χ2v) is 9.52. The Morgan fingerprint density at radius 1 is 0.919 bits per heavy atom. The summed E-state index contributed by atoms with van der Waals surface area (Å²) < 4.78 is 5.15. The number of carbonyl (C=O) groups is 3. The van der Waals surface area contributed by atoms with Gasteiger partial charge < -0.3 is 14.5 Å². The highest BCUT2D eigenvalue weighted by Gasteiger charge is 2.29. The molecule has 1 fully saturated rings. The summed E-state index contributed by atoms with van der Waals surface area (Å²) in [5, 5.41) is 0. The van der Waals surface area contributed by atoms with E-state index in [0.717, 1.165) is 35.2 Å². The van der Waals surface area contributed by atoms with Crippen molar-refractivity contribution in [1.29, 1.82) is 0 Å². The van der Waals surface area contributed by atoms with E-state index in [4.69, 9.17) is 4.74 Å². The maximum atomic E-state index is 13.5. The van der Waals surface area contributed by atoms with Crippen LogP contribution in [0.5, 0.6) is 0 Å². The molecule has 0 spiro atoms. The van der Waals surface area contributed by atoms with Crippen molar-refractivity contribution in [3.05, 3.63) is 101 Å². The van der Waals surface area contributed by atoms with Gasteiger partial charge in [-0.15, -0.1) is 0 Å². The number of esters is 1. The summed E-state index contributed by atoms with van der Waals surface area (Å²) in [5.41, 5.74) is 4.40. The van der Waals surface area contributed by atoms with E-state index in [1.807, 2.05) is 85.8 Å². The molecule has 6 nitrogen and oxygen atoms in total. The second kappa shape index (κ2) is 12.3. The SMILES string of the molecule is CCOC(=O)[C@@H]1CCCN(C(=O)Cc2ccc(N(Cc3ccccc3)C(=O)c3ccc(C)cc3)cc2)C1. The van der Waals surface area contributed by atoms with Crippen LogP contribution >= 0.6 is 0 Å². The van der Waals surface area contributed by atoms with Gasteiger partial charge in [-0.1, -0.05) is 60.2 Å². The maximum absolute atomic E-state index is 13.5. The molecule has 0 N–H and O–H groups in total. The lowest BCUT2D eigenvalue weighted by atomic mass is 9.97. The predicted molar refractivity (Wildman–Crippen MR) is 144 cm³/mol. The summed E-state index contributed by atoms with van der Waals surface area (Å²) in [7, 11) is 0. The molecule has 1 saturated heterocycles. The fourth-order valence-corrected chi connectivity index (χ4v) is 4.63. The number of amides is 2. The molecule has 1 aliphatic rings. The first-order valence-electron chi connectivity index (χ1n) is 12.9. The minimum absolute atomic E-state index is 0.00128. The van der Waals surface area contributed by atoms with E-state index in [1.54, 1.807) is 16.7 Å². The van der Waals surface area contributed by atoms with Crippen molar-refractivity contribution in [2.24, 2.45) is 5.92 Å². The summed E-state index contributed by atoms with van der Waals surface area (Å²) in [6, 6.07) is 25.1. The number of piperidine rings is 1. The highest BCUT2D eigenvalue weighted by molar-refractivity contribution is 6.06. The zero-order valence-electron chi connectivity index (χ0n) is 21.6. The van der Waals surface area contributed by atoms with Crippen molar-refractivity contribution in [2.45, 2.75) is 39.7 Å². The molecule has 0 radical (unpaired) electrons. The van der Waals surface area contributed by atoms with Crippen molar-refractivity contribution in [3.8, 4) is 0 Å². The van der Waals surface area contributed by atoms with Crippen LogP contribution in [-0.4, -0.2) is 42.4 Å². The molecule has 0 aliphatic carbocycles. The van der Waals surface area contributed by atoms with Gasteiger partial charge in [0.15, 0.2) is 0 Å². The smallest absolute Gasteiger partial charge is 0.310 e. The van der Waals surface area contributed by atoms with Crippen molar-refractivity contribution in [3.63, 3.8) is 0 Å². The molecule has 2 amide bonds. The Morgan fingerprint density at radius 3 is 2.30 bits per heavy atom. The first-order chi connectivity index (χ1) is 17.9. The third-order valence-corrected chi connectivity index (χ3v) is 6.72. The van der Waals surface area contributed by atoms with E-state index >= 15 is 0 Å². The molecule has 4 rings (SSSR count). The van der Waals surface area contributed by atoms with Crippen molar-refractivity contribution >= 4 is 23.5 Å². The molecular formula is C31H34N2O4. The summed E-state index contributed by atoms with van der Waals surface area (Å²) in [4.78, 5) is 42.1. The number of likely N-dealkylation sites (tertiary alicyclic amines) is 1. The Hall–Kier alpha value is -3.93. The number of anilines is 1. The predicted octanol–water partition coefficient (Wildman–Crippen LogP) is 5.19. The summed E-state index contributed by atoms with van der Waals surface area (Å²) in [5.74, 6) is -0.551. The van der Waals surface area contributed by atoms with Gasteiger partial charge in [0.25, 0.3) is 5.91 Å². The van der Waals surface area contributed by atoms with E-state index in [-0.39, 0.29) is 30.1 Å². The van der Waals surface area contributed by atoms with Gasteiger partial charge >= 0.3 is 5.97 Å². The Bertz CT molecular complexity index is 1210. The number of benzene rings is 3. The molecule has 0 aromatic heterocycles. The number of nitrogens with zero attached hydrogens (tertiary/aromatic N) is 2. The molecular weight excluding hydrogens is 464 g/mol. The minimum atomic E-state index is -0.251. The Kier molecular flexibility index (Phi) is 8.72. The molecule has 192 valence electrons. The Labute approximate surface area is 218 Å². The lowest BCUT2D eigenvalue weighted by molar-refractivity contribution is -0.151. The zero-order valence-corrected chi connectivity index (χ0v) is 21.6. The van der Waals surface area contributed by atoms with E-state index in [9.17, 15) is 14.4 Å². The van der Waals surface area contributed by atoms with Gasteiger partial charge in [-0.3, -0.25) is 14.4 Å². The van der Waals surface area contributed by atoms with Crippen LogP contribution in [0, 0.1) is 12.8 Å². The Balaban J connectivity index is 1.48. The number of hydrogen-bond donors (Lipinski definition) is 0. The third kappa shape index (κ3) is 6.85. The highest BCUT2D eigenvalue weighted by Crippen LogP contribution is 2.23. The Morgan fingerprint density at radius 2 is 1.62 bits per heavy atom. The topological polar surface area (TPSA) is 66.9 Å². The molecule has 3 aromatic carbocycles. The molecule has 6 heteroatoms. The van der Waals surface area contributed by atoms with Crippen LogP contribution in [0.25, 0.3) is 0 Å². The fourth-order valence-electron chi connectivity index (χ4n) is 4.63. The summed E-state index contributed by atoms with van der Waals surface area (Å²) in [6.45, 7) is 5.64. The molecule has 1 heterocycles. The van der Waals surface area contributed by atoms with Crippen LogP contribution < -0.4 is 4.90 Å². The first kappa shape index (κ1) is 26.1. The van der Waals surface area contributed by atoms with E-state index < -0.39 is 0 Å². The minimum Gasteiger partial charge on any atom is -0.466 e. The molecule has 1 aliphatic heterocycles. The van der Waals surface area contributed by atoms with Crippen molar-refractivity contribution in [2.75, 3.05) is 24.6 Å². The molecule has 1 atom stereocenters.